The van der Waals surface area contributed by atoms with Crippen molar-refractivity contribution < 1.29 is 42.9 Å². The van der Waals surface area contributed by atoms with Crippen molar-refractivity contribution in [3.63, 3.8) is 0 Å². The van der Waals surface area contributed by atoms with Crippen LogP contribution in [0.2, 0.25) is 0 Å². The van der Waals surface area contributed by atoms with Gasteiger partial charge in [-0.2, -0.15) is 0 Å². The van der Waals surface area contributed by atoms with Crippen molar-refractivity contribution in [1.82, 2.24) is 10.6 Å². The average molecular weight is 675 g/mol. The lowest BCUT2D eigenvalue weighted by Crippen LogP contribution is -2.53. The molecule has 3 aromatic rings. The Morgan fingerprint density at radius 1 is 0.694 bits per heavy atom. The molecule has 0 heterocycles. The molecule has 262 valence electrons. The number of carbonyl (C=O) groups excluding carboxylic acids is 4. The van der Waals surface area contributed by atoms with E-state index in [-0.39, 0.29) is 25.7 Å². The number of alkyl carbamates (subject to hydrolysis) is 2. The van der Waals surface area contributed by atoms with Crippen LogP contribution >= 0.6 is 0 Å². The summed E-state index contributed by atoms with van der Waals surface area (Å²) < 4.78 is 27.9. The van der Waals surface area contributed by atoms with Crippen molar-refractivity contribution in [3.8, 4) is 11.1 Å². The number of carbonyl (C=O) groups is 4. The van der Waals surface area contributed by atoms with Gasteiger partial charge in [0.1, 0.15) is 24.9 Å². The van der Waals surface area contributed by atoms with E-state index in [4.69, 9.17) is 23.7 Å². The van der Waals surface area contributed by atoms with Gasteiger partial charge >= 0.3 is 24.1 Å². The Kier molecular flexibility index (Phi) is 12.1. The van der Waals surface area contributed by atoms with Crippen LogP contribution in [-0.4, -0.2) is 66.7 Å². The molecule has 0 radical (unpaired) electrons. The van der Waals surface area contributed by atoms with E-state index in [0.29, 0.717) is 0 Å². The van der Waals surface area contributed by atoms with Crippen molar-refractivity contribution in [1.29, 1.82) is 0 Å². The summed E-state index contributed by atoms with van der Waals surface area (Å²) in [5.41, 5.74) is 3.46. The van der Waals surface area contributed by atoms with E-state index in [2.05, 4.69) is 10.6 Å². The van der Waals surface area contributed by atoms with Crippen molar-refractivity contribution in [2.24, 2.45) is 0 Å². The van der Waals surface area contributed by atoms with Gasteiger partial charge in [-0.05, 0) is 76.3 Å². The molecule has 1 aliphatic carbocycles. The first-order valence-electron chi connectivity index (χ1n) is 16.3. The fraction of sp³-hybridized carbons (Fsp3) is 0.421. The molecule has 0 unspecified atom stereocenters. The zero-order chi connectivity index (χ0) is 35.8. The van der Waals surface area contributed by atoms with Gasteiger partial charge in [0.25, 0.3) is 0 Å². The minimum absolute atomic E-state index is 0.0350. The van der Waals surface area contributed by atoms with Gasteiger partial charge in [-0.1, -0.05) is 78.9 Å². The highest BCUT2D eigenvalue weighted by molar-refractivity contribution is 5.85. The smallest absolute Gasteiger partial charge is 0.408 e. The second kappa shape index (κ2) is 16.0. The molecule has 0 aromatic heterocycles. The van der Waals surface area contributed by atoms with Gasteiger partial charge in [-0.15, -0.1) is 0 Å². The number of esters is 2. The molecule has 0 spiro atoms. The van der Waals surface area contributed by atoms with Gasteiger partial charge in [0.05, 0.1) is 12.2 Å². The van der Waals surface area contributed by atoms with Gasteiger partial charge in [0.2, 0.25) is 0 Å². The molecule has 0 saturated carbocycles. The summed E-state index contributed by atoms with van der Waals surface area (Å²) in [6.45, 7) is 11.6. The first kappa shape index (κ1) is 36.9. The molecular weight excluding hydrogens is 628 g/mol. The zero-order valence-corrected chi connectivity index (χ0v) is 29.1. The maximum absolute atomic E-state index is 13.5. The quantitative estimate of drug-likeness (QED) is 0.168. The number of amides is 2. The SMILES string of the molecule is C[C@@H](OC(=O)[C@@H](COC(C)(C)C)NC(=O)OCC1c2ccccc2-c2ccccc21)[C@H](NC(=O)OC(C)(C)C)C(=O)OCc1ccccc1. The molecule has 0 bridgehead atoms. The molecule has 3 atom stereocenters. The number of benzene rings is 3. The van der Waals surface area contributed by atoms with Gasteiger partial charge < -0.3 is 34.3 Å². The summed E-state index contributed by atoms with van der Waals surface area (Å²) in [4.78, 5) is 52.6. The predicted molar refractivity (Wildman–Crippen MR) is 183 cm³/mol. The highest BCUT2D eigenvalue weighted by atomic mass is 16.6. The summed E-state index contributed by atoms with van der Waals surface area (Å²) in [7, 11) is 0. The Morgan fingerprint density at radius 3 is 1.84 bits per heavy atom. The van der Waals surface area contributed by atoms with Crippen LogP contribution in [0.15, 0.2) is 78.9 Å². The van der Waals surface area contributed by atoms with Gasteiger partial charge in [-0.3, -0.25) is 0 Å². The van der Waals surface area contributed by atoms with Gasteiger partial charge in [0, 0.05) is 5.92 Å². The Hall–Kier alpha value is -4.90. The molecule has 2 N–H and O–H groups in total. The lowest BCUT2D eigenvalue weighted by molar-refractivity contribution is -0.161. The van der Waals surface area contributed by atoms with E-state index in [9.17, 15) is 19.2 Å². The van der Waals surface area contributed by atoms with E-state index in [1.165, 1.54) is 6.92 Å². The summed E-state index contributed by atoms with van der Waals surface area (Å²) in [5, 5.41) is 5.03. The molecule has 0 saturated heterocycles. The fourth-order valence-electron chi connectivity index (χ4n) is 5.24. The van der Waals surface area contributed by atoms with Crippen LogP contribution in [0.25, 0.3) is 11.1 Å². The highest BCUT2D eigenvalue weighted by Crippen LogP contribution is 2.44. The molecule has 4 rings (SSSR count). The van der Waals surface area contributed by atoms with Crippen molar-refractivity contribution in [2.75, 3.05) is 13.2 Å². The van der Waals surface area contributed by atoms with E-state index in [1.807, 2.05) is 54.6 Å². The maximum atomic E-state index is 13.5. The van der Waals surface area contributed by atoms with Crippen molar-refractivity contribution >= 4 is 24.1 Å². The third-order valence-electron chi connectivity index (χ3n) is 7.52. The number of rotatable bonds is 12. The minimum Gasteiger partial charge on any atom is -0.459 e. The fourth-order valence-corrected chi connectivity index (χ4v) is 5.24. The molecule has 11 heteroatoms. The van der Waals surface area contributed by atoms with Crippen LogP contribution in [-0.2, 0) is 39.9 Å². The van der Waals surface area contributed by atoms with Crippen molar-refractivity contribution in [2.45, 2.75) is 90.4 Å². The molecule has 0 fully saturated rings. The van der Waals surface area contributed by atoms with E-state index >= 15 is 0 Å². The van der Waals surface area contributed by atoms with Crippen molar-refractivity contribution in [3.05, 3.63) is 95.6 Å². The molecule has 49 heavy (non-hydrogen) atoms. The summed E-state index contributed by atoms with van der Waals surface area (Å²) in [5.74, 6) is -1.94. The number of fused-ring (bicyclic) bond motifs is 3. The minimum atomic E-state index is -1.43. The molecule has 11 nitrogen and oxygen atoms in total. The molecule has 1 aliphatic rings. The largest absolute Gasteiger partial charge is 0.459 e. The van der Waals surface area contributed by atoms with Crippen LogP contribution < -0.4 is 10.6 Å². The normalized spacial score (nSPS) is 14.3. The van der Waals surface area contributed by atoms with Crippen LogP contribution in [0.5, 0.6) is 0 Å². The molecule has 2 amide bonds. The molecular formula is C38H46N2O9. The first-order valence-corrected chi connectivity index (χ1v) is 16.3. The number of nitrogens with one attached hydrogen (secondary N) is 2. The Labute approximate surface area is 287 Å². The van der Waals surface area contributed by atoms with Crippen LogP contribution in [0.3, 0.4) is 0 Å². The predicted octanol–water partition coefficient (Wildman–Crippen LogP) is 6.28. The first-order chi connectivity index (χ1) is 23.1. The Balaban J connectivity index is 1.45. The zero-order valence-electron chi connectivity index (χ0n) is 29.1. The van der Waals surface area contributed by atoms with Crippen LogP contribution in [0, 0.1) is 0 Å². The van der Waals surface area contributed by atoms with Crippen LogP contribution in [0.4, 0.5) is 9.59 Å². The second-order valence-electron chi connectivity index (χ2n) is 13.8. The maximum Gasteiger partial charge on any atom is 0.408 e. The number of ether oxygens (including phenoxy) is 5. The molecule has 0 aliphatic heterocycles. The lowest BCUT2D eigenvalue weighted by atomic mass is 9.98. The topological polar surface area (TPSA) is 138 Å². The number of hydrogen-bond donors (Lipinski definition) is 2. The monoisotopic (exact) mass is 674 g/mol. The standard InChI is InChI=1S/C38H46N2O9/c1-24(32(40-36(44)49-38(5,6)7)34(42)45-21-25-15-9-8-10-16-25)48-33(41)31(23-47-37(2,3)4)39-35(43)46-22-30-28-19-13-11-17-26(28)27-18-12-14-20-29(27)30/h8-20,24,30-32H,21-23H2,1-7H3,(H,39,43)(H,40,44)/t24-,31-,32+/m1/s1. The van der Waals surface area contributed by atoms with Gasteiger partial charge in [0.15, 0.2) is 12.1 Å². The van der Waals surface area contributed by atoms with E-state index < -0.39 is 53.5 Å². The van der Waals surface area contributed by atoms with E-state index in [1.54, 1.807) is 65.8 Å². The van der Waals surface area contributed by atoms with Gasteiger partial charge in [-0.25, -0.2) is 19.2 Å². The average Bonchev–Trinajstić information content (AvgIpc) is 3.36. The summed E-state index contributed by atoms with van der Waals surface area (Å²) in [6, 6.07) is 22.2. The Bertz CT molecular complexity index is 1570. The van der Waals surface area contributed by atoms with Crippen LogP contribution in [0.1, 0.15) is 71.1 Å². The van der Waals surface area contributed by atoms with E-state index in [0.717, 1.165) is 27.8 Å². The third kappa shape index (κ3) is 10.8. The highest BCUT2D eigenvalue weighted by Gasteiger charge is 2.36. The second-order valence-corrected chi connectivity index (χ2v) is 13.8. The summed E-state index contributed by atoms with van der Waals surface area (Å²) in [6.07, 6.45) is -2.98. The third-order valence-corrected chi connectivity index (χ3v) is 7.52. The number of hydrogen-bond acceptors (Lipinski definition) is 9. The molecule has 3 aromatic carbocycles. The summed E-state index contributed by atoms with van der Waals surface area (Å²) >= 11 is 0. The lowest BCUT2D eigenvalue weighted by Gasteiger charge is -2.28. The Morgan fingerprint density at radius 2 is 1.27 bits per heavy atom.